The van der Waals surface area contributed by atoms with Crippen molar-refractivity contribution in [1.29, 1.82) is 5.41 Å². The van der Waals surface area contributed by atoms with E-state index in [-0.39, 0.29) is 32.1 Å². The first kappa shape index (κ1) is 13.3. The number of allylic oxidation sites excluding steroid dienone is 1. The van der Waals surface area contributed by atoms with Crippen LogP contribution in [0, 0.1) is 12.3 Å². The molecule has 4 N–H and O–H groups in total. The fraction of sp³-hybridized carbons (Fsp3) is 0.333. The third-order valence-corrected chi connectivity index (χ3v) is 3.12. The first-order valence-electron chi connectivity index (χ1n) is 6.32. The number of aromatic nitrogens is 4. The molecular weight excluding hydrogens is 277 g/mol. The fourth-order valence-corrected chi connectivity index (χ4v) is 2.08. The molecule has 0 radical (unpaired) electrons. The first-order chi connectivity index (χ1) is 10.1. The quantitative estimate of drug-likeness (QED) is 0.674. The van der Waals surface area contributed by atoms with Crippen molar-refractivity contribution in [3.05, 3.63) is 23.5 Å². The molecule has 2 bridgehead atoms. The van der Waals surface area contributed by atoms with Gasteiger partial charge in [0, 0.05) is 13.8 Å². The lowest BCUT2D eigenvalue weighted by molar-refractivity contribution is 0.119. The van der Waals surface area contributed by atoms with Crippen LogP contribution in [0.4, 0.5) is 10.3 Å². The van der Waals surface area contributed by atoms with Crippen molar-refractivity contribution in [3.8, 4) is 0 Å². The molecule has 21 heavy (non-hydrogen) atoms. The summed E-state index contributed by atoms with van der Waals surface area (Å²) in [7, 11) is 0. The molecule has 0 saturated carbocycles. The van der Waals surface area contributed by atoms with Crippen LogP contribution in [-0.2, 0) is 11.3 Å². The fourth-order valence-electron chi connectivity index (χ4n) is 2.08. The van der Waals surface area contributed by atoms with Gasteiger partial charge in [-0.3, -0.25) is 0 Å². The van der Waals surface area contributed by atoms with Crippen LogP contribution in [0.25, 0.3) is 11.0 Å². The first-order valence-corrected chi connectivity index (χ1v) is 6.32. The predicted octanol–water partition coefficient (Wildman–Crippen LogP) is 0.938. The van der Waals surface area contributed by atoms with Crippen molar-refractivity contribution < 1.29 is 10.6 Å². The van der Waals surface area contributed by atoms with Crippen molar-refractivity contribution >= 4 is 23.2 Å². The summed E-state index contributed by atoms with van der Waals surface area (Å²) in [5.74, 6) is 0.165. The number of hydrogen-bond acceptors (Lipinski definition) is 7. The number of alkyl halides is 1. The number of anilines is 1. The average Bonchev–Trinajstić information content (AvgIpc) is 2.77. The third-order valence-electron chi connectivity index (χ3n) is 3.12. The van der Waals surface area contributed by atoms with Crippen molar-refractivity contribution in [2.24, 2.45) is 5.73 Å². The van der Waals surface area contributed by atoms with Crippen LogP contribution in [0.15, 0.2) is 17.8 Å². The molecule has 0 saturated heterocycles. The standard InChI is InChI=1S/C12H14FN7O.H2/c1-6-8-3-16-12-17-9(2-14)10(15)21-5-7(13)4-20(19-6)11(8)18-12;/h2-3,7,14H,4-5,15H2,1H3,(H,16,17,18);1H/b10-9-,14-2?;. The van der Waals surface area contributed by atoms with Gasteiger partial charge in [0.15, 0.2) is 11.8 Å². The summed E-state index contributed by atoms with van der Waals surface area (Å²) in [6.07, 6.45) is 1.28. The molecule has 8 nitrogen and oxygen atoms in total. The molecule has 1 aliphatic heterocycles. The van der Waals surface area contributed by atoms with E-state index in [9.17, 15) is 4.39 Å². The van der Waals surface area contributed by atoms with Gasteiger partial charge in [-0.05, 0) is 6.92 Å². The van der Waals surface area contributed by atoms with Gasteiger partial charge >= 0.3 is 0 Å². The third kappa shape index (κ3) is 2.37. The number of nitrogens with zero attached hydrogens (tertiary/aromatic N) is 4. The molecule has 0 aromatic carbocycles. The van der Waals surface area contributed by atoms with Crippen molar-refractivity contribution in [1.82, 2.24) is 19.7 Å². The molecule has 9 heteroatoms. The topological polar surface area (TPSA) is 115 Å². The Hall–Kier alpha value is -2.71. The lowest BCUT2D eigenvalue weighted by Gasteiger charge is -2.12. The number of rotatable bonds is 1. The maximum atomic E-state index is 14.0. The zero-order valence-electron chi connectivity index (χ0n) is 11.3. The van der Waals surface area contributed by atoms with Gasteiger partial charge in [-0.1, -0.05) is 0 Å². The minimum Gasteiger partial charge on any atom is -0.475 e. The van der Waals surface area contributed by atoms with E-state index in [0.717, 1.165) is 17.3 Å². The second-order valence-electron chi connectivity index (χ2n) is 4.65. The number of hydrogen-bond donors (Lipinski definition) is 3. The van der Waals surface area contributed by atoms with Crippen molar-refractivity contribution in [3.63, 3.8) is 0 Å². The molecule has 1 atom stereocenters. The van der Waals surface area contributed by atoms with Crippen LogP contribution in [0.5, 0.6) is 0 Å². The Morgan fingerprint density at radius 2 is 2.48 bits per heavy atom. The normalized spacial score (nSPS) is 22.5. The Kier molecular flexibility index (Phi) is 3.16. The number of halogens is 1. The number of fused-ring (bicyclic) bond motifs is 1. The van der Waals surface area contributed by atoms with Gasteiger partial charge in [0.25, 0.3) is 0 Å². The van der Waals surface area contributed by atoms with E-state index < -0.39 is 6.17 Å². The smallest absolute Gasteiger partial charge is 0.229 e. The van der Waals surface area contributed by atoms with Gasteiger partial charge in [-0.25, -0.2) is 14.1 Å². The summed E-state index contributed by atoms with van der Waals surface area (Å²) in [6.45, 7) is 1.59. The Morgan fingerprint density at radius 3 is 3.24 bits per heavy atom. The summed E-state index contributed by atoms with van der Waals surface area (Å²) in [5.41, 5.74) is 7.10. The molecule has 0 spiro atoms. The molecule has 1 aliphatic rings. The van der Waals surface area contributed by atoms with E-state index in [1.54, 1.807) is 6.20 Å². The highest BCUT2D eigenvalue weighted by molar-refractivity contribution is 5.82. The SMILES string of the molecule is Cc1nn2c3nc(ncc13)N/C(C=N)=C(/N)OCC(F)C2.[HH]. The highest BCUT2D eigenvalue weighted by Gasteiger charge is 2.18. The Balaban J connectivity index is 0.00000176. The van der Waals surface area contributed by atoms with Gasteiger partial charge in [0.2, 0.25) is 11.8 Å². The number of aryl methyl sites for hydroxylation is 1. The van der Waals surface area contributed by atoms with Crippen LogP contribution in [-0.4, -0.2) is 38.7 Å². The van der Waals surface area contributed by atoms with Gasteiger partial charge in [-0.2, -0.15) is 10.1 Å². The monoisotopic (exact) mass is 293 g/mol. The maximum Gasteiger partial charge on any atom is 0.229 e. The largest absolute Gasteiger partial charge is 0.475 e. The van der Waals surface area contributed by atoms with Crippen molar-refractivity contribution in [2.45, 2.75) is 19.6 Å². The second kappa shape index (κ2) is 5.00. The summed E-state index contributed by atoms with van der Waals surface area (Å²) < 4.78 is 20.6. The highest BCUT2D eigenvalue weighted by Crippen LogP contribution is 2.19. The molecule has 0 fully saturated rings. The summed E-state index contributed by atoms with van der Waals surface area (Å²) in [4.78, 5) is 8.45. The van der Waals surface area contributed by atoms with Crippen LogP contribution in [0.2, 0.25) is 0 Å². The Morgan fingerprint density at radius 1 is 1.67 bits per heavy atom. The molecule has 2 aromatic heterocycles. The number of nitrogens with one attached hydrogen (secondary N) is 2. The molecule has 1 unspecified atom stereocenters. The van der Waals surface area contributed by atoms with Crippen LogP contribution in [0.3, 0.4) is 0 Å². The Labute approximate surface area is 120 Å². The van der Waals surface area contributed by atoms with Crippen molar-refractivity contribution in [2.75, 3.05) is 11.9 Å². The van der Waals surface area contributed by atoms with Gasteiger partial charge < -0.3 is 21.2 Å². The van der Waals surface area contributed by atoms with Gasteiger partial charge in [-0.15, -0.1) is 0 Å². The molecule has 3 heterocycles. The van der Waals surface area contributed by atoms with E-state index in [2.05, 4.69) is 20.4 Å². The lowest BCUT2D eigenvalue weighted by atomic mass is 10.3. The molecule has 112 valence electrons. The number of ether oxygens (including phenoxy) is 1. The minimum atomic E-state index is -1.30. The average molecular weight is 293 g/mol. The van der Waals surface area contributed by atoms with E-state index in [1.165, 1.54) is 4.68 Å². The van der Waals surface area contributed by atoms with Crippen LogP contribution < -0.4 is 11.1 Å². The summed E-state index contributed by atoms with van der Waals surface area (Å²) >= 11 is 0. The Bertz CT molecular complexity index is 744. The van der Waals surface area contributed by atoms with Gasteiger partial charge in [0.05, 0.1) is 17.6 Å². The predicted molar refractivity (Wildman–Crippen MR) is 76.6 cm³/mol. The van der Waals surface area contributed by atoms with Crippen LogP contribution in [0.1, 0.15) is 7.12 Å². The molecule has 2 aromatic rings. The minimum absolute atomic E-state index is 0. The molecule has 0 aliphatic carbocycles. The van der Waals surface area contributed by atoms with Gasteiger partial charge in [0.1, 0.15) is 12.3 Å². The zero-order chi connectivity index (χ0) is 15.0. The lowest BCUT2D eigenvalue weighted by Crippen LogP contribution is -2.21. The maximum absolute atomic E-state index is 14.0. The summed E-state index contributed by atoms with van der Waals surface area (Å²) in [6, 6.07) is 0. The van der Waals surface area contributed by atoms with E-state index in [1.807, 2.05) is 6.92 Å². The summed E-state index contributed by atoms with van der Waals surface area (Å²) in [5, 5.41) is 15.1. The van der Waals surface area contributed by atoms with E-state index >= 15 is 0 Å². The van der Waals surface area contributed by atoms with E-state index in [4.69, 9.17) is 15.9 Å². The molecule has 3 rings (SSSR count). The zero-order valence-corrected chi connectivity index (χ0v) is 11.3. The molecule has 0 amide bonds. The van der Waals surface area contributed by atoms with E-state index in [0.29, 0.717) is 5.65 Å². The second-order valence-corrected chi connectivity index (χ2v) is 4.65. The van der Waals surface area contributed by atoms with Crippen LogP contribution >= 0.6 is 0 Å². The number of nitrogens with two attached hydrogens (primary N) is 1. The molecular formula is C12H16FN7O. The highest BCUT2D eigenvalue weighted by atomic mass is 19.1.